The highest BCUT2D eigenvalue weighted by atomic mass is 16.4. The summed E-state index contributed by atoms with van der Waals surface area (Å²) in [7, 11) is 0. The fraction of sp³-hybridized carbons (Fsp3) is 0.591. The summed E-state index contributed by atoms with van der Waals surface area (Å²) >= 11 is 0. The van der Waals surface area contributed by atoms with Crippen molar-refractivity contribution < 1.29 is 20.1 Å². The number of carboxylic acid groups (broad SMARTS) is 1. The molecule has 0 aromatic heterocycles. The Morgan fingerprint density at radius 1 is 0.923 bits per heavy atom. The molecular weight excluding hydrogens is 328 g/mol. The molecule has 1 atom stereocenters. The lowest BCUT2D eigenvalue weighted by Crippen LogP contribution is -2.04. The third-order valence-electron chi connectivity index (χ3n) is 4.33. The van der Waals surface area contributed by atoms with E-state index in [2.05, 4.69) is 24.0 Å². The minimum absolute atomic E-state index is 0.0656. The number of unbranched alkanes of at least 4 members (excludes halogenated alkanes) is 6. The predicted molar refractivity (Wildman–Crippen MR) is 104 cm³/mol. The van der Waals surface area contributed by atoms with E-state index < -0.39 is 12.1 Å². The second-order valence-corrected chi connectivity index (χ2v) is 6.72. The molecule has 0 bridgehead atoms. The predicted octanol–water partition coefficient (Wildman–Crippen LogP) is 3.92. The largest absolute Gasteiger partial charge is 0.481 e. The van der Waals surface area contributed by atoms with Gasteiger partial charge in [0.05, 0.1) is 0 Å². The van der Waals surface area contributed by atoms with Crippen LogP contribution in [0.5, 0.6) is 0 Å². The molecule has 3 N–H and O–H groups in total. The van der Waals surface area contributed by atoms with Gasteiger partial charge in [0.25, 0.3) is 0 Å². The maximum atomic E-state index is 10.4. The Bertz CT molecular complexity index is 554. The molecule has 0 radical (unpaired) electrons. The van der Waals surface area contributed by atoms with E-state index in [1.54, 1.807) is 0 Å². The Morgan fingerprint density at radius 2 is 1.54 bits per heavy atom. The van der Waals surface area contributed by atoms with Crippen molar-refractivity contribution in [3.63, 3.8) is 0 Å². The van der Waals surface area contributed by atoms with Gasteiger partial charge in [-0.25, -0.2) is 0 Å². The lowest BCUT2D eigenvalue weighted by Gasteiger charge is -2.03. The monoisotopic (exact) mass is 360 g/mol. The van der Waals surface area contributed by atoms with Crippen LogP contribution in [0.2, 0.25) is 0 Å². The SMILES string of the molecule is O=C(O)CCCC(O)C#Cc1ccc(CCCCCCCCCO)cc1. The molecule has 1 unspecified atom stereocenters. The molecule has 0 fully saturated rings. The average Bonchev–Trinajstić information content (AvgIpc) is 2.63. The number of hydrogen-bond acceptors (Lipinski definition) is 3. The standard InChI is InChI=1S/C22H32O4/c23-18-7-5-3-1-2-4-6-9-19-12-14-20(15-13-19)16-17-21(24)10-8-11-22(25)26/h12-15,21,23-24H,1-11,18H2,(H,25,26). The van der Waals surface area contributed by atoms with Crippen LogP contribution in [0, 0.1) is 11.8 Å². The molecule has 144 valence electrons. The number of benzene rings is 1. The maximum Gasteiger partial charge on any atom is 0.303 e. The Labute approximate surface area is 157 Å². The first kappa shape index (κ1) is 22.2. The number of hydrogen-bond donors (Lipinski definition) is 3. The number of carbonyl (C=O) groups is 1. The van der Waals surface area contributed by atoms with Crippen molar-refractivity contribution in [2.45, 2.75) is 76.7 Å². The van der Waals surface area contributed by atoms with E-state index in [1.165, 1.54) is 37.7 Å². The van der Waals surface area contributed by atoms with Gasteiger partial charge in [0.2, 0.25) is 0 Å². The van der Waals surface area contributed by atoms with E-state index in [4.69, 9.17) is 10.2 Å². The second kappa shape index (κ2) is 14.4. The van der Waals surface area contributed by atoms with E-state index in [1.807, 2.05) is 12.1 Å². The van der Waals surface area contributed by atoms with Crippen molar-refractivity contribution in [2.24, 2.45) is 0 Å². The Morgan fingerprint density at radius 3 is 2.15 bits per heavy atom. The maximum absolute atomic E-state index is 10.4. The fourth-order valence-corrected chi connectivity index (χ4v) is 2.77. The molecule has 4 nitrogen and oxygen atoms in total. The first-order valence-corrected chi connectivity index (χ1v) is 9.73. The average molecular weight is 360 g/mol. The Hall–Kier alpha value is -1.83. The summed E-state index contributed by atoms with van der Waals surface area (Å²) in [5.41, 5.74) is 2.17. The molecule has 4 heteroatoms. The topological polar surface area (TPSA) is 77.8 Å². The van der Waals surface area contributed by atoms with Crippen LogP contribution in [0.1, 0.15) is 75.3 Å². The van der Waals surface area contributed by atoms with Crippen LogP contribution in [0.3, 0.4) is 0 Å². The lowest BCUT2D eigenvalue weighted by atomic mass is 10.0. The van der Waals surface area contributed by atoms with Gasteiger partial charge in [0.15, 0.2) is 0 Å². The molecule has 0 spiro atoms. The van der Waals surface area contributed by atoms with E-state index in [-0.39, 0.29) is 6.42 Å². The van der Waals surface area contributed by atoms with Gasteiger partial charge in [0.1, 0.15) is 6.10 Å². The quantitative estimate of drug-likeness (QED) is 0.368. The van der Waals surface area contributed by atoms with Crippen LogP contribution in [0.4, 0.5) is 0 Å². The van der Waals surface area contributed by atoms with Gasteiger partial charge in [-0.3, -0.25) is 4.79 Å². The van der Waals surface area contributed by atoms with Crippen molar-refractivity contribution in [3.05, 3.63) is 35.4 Å². The summed E-state index contributed by atoms with van der Waals surface area (Å²) in [6.45, 7) is 0.310. The summed E-state index contributed by atoms with van der Waals surface area (Å²) in [6, 6.07) is 8.12. The summed E-state index contributed by atoms with van der Waals surface area (Å²) in [5, 5.41) is 27.0. The normalized spacial score (nSPS) is 11.6. The molecule has 1 aromatic carbocycles. The number of aryl methyl sites for hydroxylation is 1. The summed E-state index contributed by atoms with van der Waals surface area (Å²) in [6.07, 6.45) is 9.40. The number of aliphatic hydroxyl groups is 2. The van der Waals surface area contributed by atoms with Crippen molar-refractivity contribution in [1.29, 1.82) is 0 Å². The molecule has 0 aliphatic heterocycles. The van der Waals surface area contributed by atoms with Crippen LogP contribution in [0.25, 0.3) is 0 Å². The lowest BCUT2D eigenvalue weighted by molar-refractivity contribution is -0.137. The van der Waals surface area contributed by atoms with Crippen LogP contribution in [-0.2, 0) is 11.2 Å². The van der Waals surface area contributed by atoms with Gasteiger partial charge in [-0.2, -0.15) is 0 Å². The van der Waals surface area contributed by atoms with Crippen LogP contribution >= 0.6 is 0 Å². The summed E-state index contributed by atoms with van der Waals surface area (Å²) in [4.78, 5) is 10.4. The van der Waals surface area contributed by atoms with Crippen LogP contribution in [-0.4, -0.2) is 34.0 Å². The molecular formula is C22H32O4. The van der Waals surface area contributed by atoms with E-state index in [9.17, 15) is 9.90 Å². The molecule has 0 saturated heterocycles. The van der Waals surface area contributed by atoms with Gasteiger partial charge in [-0.05, 0) is 49.8 Å². The fourth-order valence-electron chi connectivity index (χ4n) is 2.77. The summed E-state index contributed by atoms with van der Waals surface area (Å²) < 4.78 is 0. The number of aliphatic hydroxyl groups excluding tert-OH is 2. The zero-order valence-electron chi connectivity index (χ0n) is 15.6. The van der Waals surface area contributed by atoms with Crippen LogP contribution in [0.15, 0.2) is 24.3 Å². The highest BCUT2D eigenvalue weighted by Crippen LogP contribution is 2.11. The smallest absolute Gasteiger partial charge is 0.303 e. The highest BCUT2D eigenvalue weighted by molar-refractivity contribution is 5.66. The number of rotatable bonds is 13. The highest BCUT2D eigenvalue weighted by Gasteiger charge is 2.02. The molecule has 1 rings (SSSR count). The zero-order valence-corrected chi connectivity index (χ0v) is 15.6. The second-order valence-electron chi connectivity index (χ2n) is 6.72. The van der Waals surface area contributed by atoms with Gasteiger partial charge >= 0.3 is 5.97 Å². The zero-order chi connectivity index (χ0) is 19.0. The first-order valence-electron chi connectivity index (χ1n) is 9.73. The van der Waals surface area contributed by atoms with Crippen molar-refractivity contribution in [1.82, 2.24) is 0 Å². The molecule has 0 amide bonds. The third-order valence-corrected chi connectivity index (χ3v) is 4.33. The number of aliphatic carboxylic acids is 1. The molecule has 0 saturated carbocycles. The third kappa shape index (κ3) is 11.7. The van der Waals surface area contributed by atoms with Crippen LogP contribution < -0.4 is 0 Å². The first-order chi connectivity index (χ1) is 12.6. The van der Waals surface area contributed by atoms with E-state index >= 15 is 0 Å². The minimum Gasteiger partial charge on any atom is -0.481 e. The van der Waals surface area contributed by atoms with E-state index in [0.717, 1.165) is 24.8 Å². The Kier molecular flexibility index (Phi) is 12.3. The van der Waals surface area contributed by atoms with Crippen molar-refractivity contribution in [2.75, 3.05) is 6.61 Å². The molecule has 0 aliphatic rings. The molecule has 1 aromatic rings. The molecule has 26 heavy (non-hydrogen) atoms. The van der Waals surface area contributed by atoms with Gasteiger partial charge in [-0.15, -0.1) is 0 Å². The number of carboxylic acids is 1. The van der Waals surface area contributed by atoms with Crippen molar-refractivity contribution in [3.8, 4) is 11.8 Å². The Balaban J connectivity index is 2.21. The minimum atomic E-state index is -0.845. The van der Waals surface area contributed by atoms with Gasteiger partial charge < -0.3 is 15.3 Å². The van der Waals surface area contributed by atoms with Crippen molar-refractivity contribution >= 4 is 5.97 Å². The van der Waals surface area contributed by atoms with Gasteiger partial charge in [0, 0.05) is 18.6 Å². The molecule has 0 heterocycles. The molecule has 0 aliphatic carbocycles. The van der Waals surface area contributed by atoms with E-state index in [0.29, 0.717) is 19.4 Å². The van der Waals surface area contributed by atoms with Gasteiger partial charge in [-0.1, -0.05) is 56.1 Å². The summed E-state index contributed by atoms with van der Waals surface area (Å²) in [5.74, 6) is 4.87.